The summed E-state index contributed by atoms with van der Waals surface area (Å²) < 4.78 is 5.25. The number of aldehydes is 1. The SMILES string of the molecule is CCC1(OC)CC(C=O)=CC=C1O. The molecule has 0 saturated heterocycles. The highest BCUT2D eigenvalue weighted by atomic mass is 16.5. The van der Waals surface area contributed by atoms with Gasteiger partial charge in [-0.2, -0.15) is 0 Å². The van der Waals surface area contributed by atoms with Gasteiger partial charge in [0.05, 0.1) is 0 Å². The molecule has 0 aromatic rings. The van der Waals surface area contributed by atoms with Gasteiger partial charge in [0.15, 0.2) is 0 Å². The first-order valence-electron chi connectivity index (χ1n) is 4.29. The van der Waals surface area contributed by atoms with Gasteiger partial charge in [0.1, 0.15) is 17.6 Å². The maximum Gasteiger partial charge on any atom is 0.146 e. The molecule has 0 heterocycles. The van der Waals surface area contributed by atoms with Crippen molar-refractivity contribution in [2.24, 2.45) is 0 Å². The maximum absolute atomic E-state index is 10.6. The molecule has 0 spiro atoms. The fourth-order valence-corrected chi connectivity index (χ4v) is 1.53. The number of hydrogen-bond donors (Lipinski definition) is 1. The minimum atomic E-state index is -0.689. The van der Waals surface area contributed by atoms with Gasteiger partial charge in [0.25, 0.3) is 0 Å². The van der Waals surface area contributed by atoms with E-state index in [1.54, 1.807) is 13.2 Å². The Kier molecular flexibility index (Phi) is 2.88. The van der Waals surface area contributed by atoms with Crippen LogP contribution in [0.25, 0.3) is 0 Å². The van der Waals surface area contributed by atoms with Gasteiger partial charge in [-0.05, 0) is 18.1 Å². The largest absolute Gasteiger partial charge is 0.509 e. The van der Waals surface area contributed by atoms with Crippen molar-refractivity contribution in [2.45, 2.75) is 25.4 Å². The van der Waals surface area contributed by atoms with Gasteiger partial charge in [0, 0.05) is 13.5 Å². The van der Waals surface area contributed by atoms with E-state index >= 15 is 0 Å². The molecule has 0 fully saturated rings. The van der Waals surface area contributed by atoms with Gasteiger partial charge < -0.3 is 9.84 Å². The van der Waals surface area contributed by atoms with E-state index in [9.17, 15) is 9.90 Å². The predicted molar refractivity (Wildman–Crippen MR) is 49.5 cm³/mol. The number of rotatable bonds is 3. The number of carbonyl (C=O) groups is 1. The lowest BCUT2D eigenvalue weighted by Crippen LogP contribution is -2.35. The Bertz CT molecular complexity index is 259. The number of carbonyl (C=O) groups excluding carboxylic acids is 1. The van der Waals surface area contributed by atoms with Gasteiger partial charge in [-0.25, -0.2) is 0 Å². The second-order valence-corrected chi connectivity index (χ2v) is 3.14. The van der Waals surface area contributed by atoms with Crippen LogP contribution < -0.4 is 0 Å². The Hall–Kier alpha value is -1.09. The standard InChI is InChI=1S/C10H14O3/c1-3-10(13-2)6-8(7-11)4-5-9(10)12/h4-5,7,12H,3,6H2,1-2H3. The van der Waals surface area contributed by atoms with Crippen molar-refractivity contribution in [1.82, 2.24) is 0 Å². The minimum absolute atomic E-state index is 0.197. The third-order valence-corrected chi connectivity index (χ3v) is 2.52. The Morgan fingerprint density at radius 3 is 2.85 bits per heavy atom. The Balaban J connectivity index is 2.97. The average molecular weight is 182 g/mol. The van der Waals surface area contributed by atoms with Crippen molar-refractivity contribution in [2.75, 3.05) is 7.11 Å². The number of methoxy groups -OCH3 is 1. The molecule has 1 N–H and O–H groups in total. The monoisotopic (exact) mass is 182 g/mol. The van der Waals surface area contributed by atoms with Crippen LogP contribution in [0.1, 0.15) is 19.8 Å². The lowest BCUT2D eigenvalue weighted by Gasteiger charge is -2.32. The minimum Gasteiger partial charge on any atom is -0.509 e. The lowest BCUT2D eigenvalue weighted by molar-refractivity contribution is -0.105. The van der Waals surface area contributed by atoms with Gasteiger partial charge in [-0.1, -0.05) is 13.0 Å². The summed E-state index contributed by atoms with van der Waals surface area (Å²) in [5.74, 6) is 0.197. The van der Waals surface area contributed by atoms with Crippen LogP contribution in [0, 0.1) is 0 Å². The van der Waals surface area contributed by atoms with E-state index in [0.717, 1.165) is 6.29 Å². The third kappa shape index (κ3) is 1.65. The van der Waals surface area contributed by atoms with Crippen LogP contribution in [0.4, 0.5) is 0 Å². The van der Waals surface area contributed by atoms with E-state index in [-0.39, 0.29) is 5.76 Å². The highest BCUT2D eigenvalue weighted by molar-refractivity contribution is 5.75. The summed E-state index contributed by atoms with van der Waals surface area (Å²) in [5.41, 5.74) is -0.0353. The summed E-state index contributed by atoms with van der Waals surface area (Å²) in [4.78, 5) is 10.6. The van der Waals surface area contributed by atoms with Crippen molar-refractivity contribution < 1.29 is 14.6 Å². The van der Waals surface area contributed by atoms with Gasteiger partial charge in [0.2, 0.25) is 0 Å². The Labute approximate surface area is 77.7 Å². The fraction of sp³-hybridized carbons (Fsp3) is 0.500. The summed E-state index contributed by atoms with van der Waals surface area (Å²) in [5, 5.41) is 9.61. The van der Waals surface area contributed by atoms with Crippen LogP contribution >= 0.6 is 0 Å². The molecule has 0 radical (unpaired) electrons. The highest BCUT2D eigenvalue weighted by Gasteiger charge is 2.35. The van der Waals surface area contributed by atoms with E-state index in [0.29, 0.717) is 18.4 Å². The molecule has 0 saturated carbocycles. The van der Waals surface area contributed by atoms with E-state index in [1.165, 1.54) is 6.08 Å². The molecule has 1 aliphatic carbocycles. The molecule has 1 rings (SSSR count). The first-order chi connectivity index (χ1) is 6.18. The predicted octanol–water partition coefficient (Wildman–Crippen LogP) is 1.75. The van der Waals surface area contributed by atoms with Crippen molar-refractivity contribution in [3.8, 4) is 0 Å². The molecule has 0 aromatic heterocycles. The van der Waals surface area contributed by atoms with E-state index < -0.39 is 5.60 Å². The quantitative estimate of drug-likeness (QED) is 0.676. The highest BCUT2D eigenvalue weighted by Crippen LogP contribution is 2.33. The van der Waals surface area contributed by atoms with Crippen molar-refractivity contribution >= 4 is 6.29 Å². The topological polar surface area (TPSA) is 46.5 Å². The lowest BCUT2D eigenvalue weighted by atomic mass is 9.86. The van der Waals surface area contributed by atoms with E-state index in [2.05, 4.69) is 0 Å². The van der Waals surface area contributed by atoms with E-state index in [4.69, 9.17) is 4.74 Å². The molecule has 0 aromatic carbocycles. The third-order valence-electron chi connectivity index (χ3n) is 2.52. The molecule has 3 nitrogen and oxygen atoms in total. The van der Waals surface area contributed by atoms with Crippen molar-refractivity contribution in [3.63, 3.8) is 0 Å². The number of aliphatic hydroxyl groups is 1. The van der Waals surface area contributed by atoms with Crippen LogP contribution in [0.15, 0.2) is 23.5 Å². The van der Waals surface area contributed by atoms with E-state index in [1.807, 2.05) is 6.92 Å². The first kappa shape index (κ1) is 9.99. The van der Waals surface area contributed by atoms with Gasteiger partial charge in [-0.3, -0.25) is 4.79 Å². The smallest absolute Gasteiger partial charge is 0.146 e. The van der Waals surface area contributed by atoms with Crippen LogP contribution in [-0.2, 0) is 9.53 Å². The molecule has 0 amide bonds. The summed E-state index contributed by atoms with van der Waals surface area (Å²) >= 11 is 0. The van der Waals surface area contributed by atoms with Gasteiger partial charge in [-0.15, -0.1) is 0 Å². The molecule has 72 valence electrons. The summed E-state index contributed by atoms with van der Waals surface area (Å²) in [6.07, 6.45) is 5.05. The van der Waals surface area contributed by atoms with Crippen molar-refractivity contribution in [1.29, 1.82) is 0 Å². The molecule has 1 unspecified atom stereocenters. The molecule has 13 heavy (non-hydrogen) atoms. The summed E-state index contributed by atoms with van der Waals surface area (Å²) in [6, 6.07) is 0. The number of ether oxygens (including phenoxy) is 1. The number of aliphatic hydroxyl groups excluding tert-OH is 1. The second kappa shape index (κ2) is 3.75. The fourth-order valence-electron chi connectivity index (χ4n) is 1.53. The van der Waals surface area contributed by atoms with Crippen LogP contribution in [0.3, 0.4) is 0 Å². The zero-order chi connectivity index (χ0) is 9.90. The molecule has 1 aliphatic rings. The number of hydrogen-bond acceptors (Lipinski definition) is 3. The molecular formula is C10H14O3. The second-order valence-electron chi connectivity index (χ2n) is 3.14. The first-order valence-corrected chi connectivity index (χ1v) is 4.29. The summed E-state index contributed by atoms with van der Waals surface area (Å²) in [6.45, 7) is 1.92. The molecule has 1 atom stereocenters. The molecular weight excluding hydrogens is 168 g/mol. The van der Waals surface area contributed by atoms with Crippen LogP contribution in [0.5, 0.6) is 0 Å². The number of allylic oxidation sites excluding steroid dienone is 2. The normalized spacial score (nSPS) is 27.8. The molecule has 0 bridgehead atoms. The average Bonchev–Trinajstić information content (AvgIpc) is 2.19. The van der Waals surface area contributed by atoms with Crippen molar-refractivity contribution in [3.05, 3.63) is 23.5 Å². The zero-order valence-corrected chi connectivity index (χ0v) is 7.91. The van der Waals surface area contributed by atoms with Gasteiger partial charge >= 0.3 is 0 Å². The zero-order valence-electron chi connectivity index (χ0n) is 7.91. The van der Waals surface area contributed by atoms with Crippen LogP contribution in [0.2, 0.25) is 0 Å². The summed E-state index contributed by atoms with van der Waals surface area (Å²) in [7, 11) is 1.54. The Morgan fingerprint density at radius 1 is 1.69 bits per heavy atom. The Morgan fingerprint density at radius 2 is 2.38 bits per heavy atom. The van der Waals surface area contributed by atoms with Crippen LogP contribution in [-0.4, -0.2) is 24.1 Å². The molecule has 0 aliphatic heterocycles. The maximum atomic E-state index is 10.6. The molecule has 3 heteroatoms.